The van der Waals surface area contributed by atoms with E-state index in [9.17, 15) is 0 Å². The van der Waals surface area contributed by atoms with Crippen LogP contribution in [0.3, 0.4) is 0 Å². The van der Waals surface area contributed by atoms with Gasteiger partial charge in [0.2, 0.25) is 0 Å². The predicted octanol–water partition coefficient (Wildman–Crippen LogP) is -1.96. The Balaban J connectivity index is -0.0000000910. The van der Waals surface area contributed by atoms with Crippen molar-refractivity contribution >= 4 is 27.8 Å². The van der Waals surface area contributed by atoms with Gasteiger partial charge >= 0.3 is 17.4 Å². The predicted molar refractivity (Wildman–Crippen MR) is 26.6 cm³/mol. The maximum absolute atomic E-state index is 8.52. The standard InChI is InChI=1S/Al.NO3.H2O4S/c;2-1(3)4;1-5(2,3)4/h;;(H2,1,2,3,4)/q+3;-1;/p-2. The van der Waals surface area contributed by atoms with Crippen molar-refractivity contribution in [2.45, 2.75) is 0 Å². The summed E-state index contributed by atoms with van der Waals surface area (Å²) in [5.74, 6) is 0. The van der Waals surface area contributed by atoms with E-state index >= 15 is 0 Å². The van der Waals surface area contributed by atoms with Gasteiger partial charge in [0, 0.05) is 10.4 Å². The van der Waals surface area contributed by atoms with Gasteiger partial charge in [0.05, 0.1) is 5.09 Å². The Labute approximate surface area is 66.3 Å². The number of nitrogens with zero attached hydrogens (tertiary/aromatic N) is 1. The molecule has 0 saturated carbocycles. The summed E-state index contributed by atoms with van der Waals surface area (Å²) in [7, 11) is -5.17. The van der Waals surface area contributed by atoms with Crippen LogP contribution in [0.2, 0.25) is 0 Å². The molecule has 0 saturated heterocycles. The first-order valence-electron chi connectivity index (χ1n) is 1.21. The normalized spacial score (nSPS) is 8.20. The third-order valence-corrected chi connectivity index (χ3v) is 0. The van der Waals surface area contributed by atoms with Crippen LogP contribution in [0.15, 0.2) is 0 Å². The average molecular weight is 185 g/mol. The molecule has 0 bridgehead atoms. The van der Waals surface area contributed by atoms with E-state index in [4.69, 9.17) is 32.8 Å². The van der Waals surface area contributed by atoms with Gasteiger partial charge in [0.15, 0.2) is 0 Å². The van der Waals surface area contributed by atoms with Crippen molar-refractivity contribution in [1.29, 1.82) is 0 Å². The van der Waals surface area contributed by atoms with E-state index in [0.29, 0.717) is 0 Å². The fourth-order valence-electron chi connectivity index (χ4n) is 0. The molecule has 8 nitrogen and oxygen atoms in total. The SMILES string of the molecule is O=S(=O)([O-])[O-].O=[N+]([O-])[O-].[Al+3]. The van der Waals surface area contributed by atoms with Gasteiger partial charge in [-0.2, -0.15) is 0 Å². The molecule has 0 amide bonds. The second-order valence-corrected chi connectivity index (χ2v) is 1.45. The zero-order valence-electron chi connectivity index (χ0n) is 4.29. The van der Waals surface area contributed by atoms with E-state index in [-0.39, 0.29) is 17.4 Å². The summed E-state index contributed by atoms with van der Waals surface area (Å²) >= 11 is 0. The van der Waals surface area contributed by atoms with Gasteiger partial charge in [-0.3, -0.25) is 8.42 Å². The van der Waals surface area contributed by atoms with E-state index in [1.165, 1.54) is 0 Å². The minimum absolute atomic E-state index is 0. The zero-order chi connectivity index (χ0) is 8.08. The van der Waals surface area contributed by atoms with Gasteiger partial charge in [0.1, 0.15) is 0 Å². The molecule has 0 fully saturated rings. The van der Waals surface area contributed by atoms with Crippen LogP contribution in [0.25, 0.3) is 0 Å². The molecular weight excluding hydrogens is 185 g/mol. The number of hydrogen-bond acceptors (Lipinski definition) is 7. The van der Waals surface area contributed by atoms with E-state index in [2.05, 4.69) is 0 Å². The van der Waals surface area contributed by atoms with Gasteiger partial charge in [-0.05, 0) is 0 Å². The minimum Gasteiger partial charge on any atom is -0.759 e. The van der Waals surface area contributed by atoms with Crippen LogP contribution >= 0.6 is 0 Å². The largest absolute Gasteiger partial charge is 3.00 e. The Morgan fingerprint density at radius 3 is 1.10 bits per heavy atom. The van der Waals surface area contributed by atoms with Gasteiger partial charge < -0.3 is 24.4 Å². The van der Waals surface area contributed by atoms with Crippen molar-refractivity contribution in [2.24, 2.45) is 0 Å². The van der Waals surface area contributed by atoms with E-state index < -0.39 is 15.5 Å². The van der Waals surface area contributed by atoms with E-state index in [1.807, 2.05) is 0 Å². The molecule has 0 rings (SSSR count). The minimum atomic E-state index is -5.17. The summed E-state index contributed by atoms with van der Waals surface area (Å²) in [4.78, 5) is 8.25. The van der Waals surface area contributed by atoms with Crippen molar-refractivity contribution in [3.8, 4) is 0 Å². The Kier molecular flexibility index (Phi) is 11.0. The van der Waals surface area contributed by atoms with E-state index in [0.717, 1.165) is 0 Å². The van der Waals surface area contributed by atoms with Crippen LogP contribution in [0.1, 0.15) is 0 Å². The van der Waals surface area contributed by atoms with Gasteiger partial charge in [-0.15, -0.1) is 0 Å². The molecule has 56 valence electrons. The van der Waals surface area contributed by atoms with Crippen LogP contribution in [0.5, 0.6) is 0 Å². The summed E-state index contributed by atoms with van der Waals surface area (Å²) in [6.07, 6.45) is 0. The Hall–Kier alpha value is -0.398. The van der Waals surface area contributed by atoms with Gasteiger partial charge in [-0.1, -0.05) is 0 Å². The van der Waals surface area contributed by atoms with Crippen molar-refractivity contribution in [3.63, 3.8) is 0 Å². The summed E-state index contributed by atoms with van der Waals surface area (Å²) in [6, 6.07) is 0. The van der Waals surface area contributed by atoms with Crippen LogP contribution in [-0.4, -0.2) is 40.0 Å². The molecule has 0 aromatic rings. The maximum atomic E-state index is 8.52. The van der Waals surface area contributed by atoms with Crippen molar-refractivity contribution < 1.29 is 22.6 Å². The van der Waals surface area contributed by atoms with Crippen LogP contribution < -0.4 is 0 Å². The monoisotopic (exact) mass is 185 g/mol. The molecule has 0 radical (unpaired) electrons. The van der Waals surface area contributed by atoms with Crippen LogP contribution in [0, 0.1) is 15.3 Å². The number of hydrogen-bond donors (Lipinski definition) is 0. The van der Waals surface area contributed by atoms with Crippen molar-refractivity contribution in [3.05, 3.63) is 15.3 Å². The fourth-order valence-corrected chi connectivity index (χ4v) is 0. The molecule has 0 aliphatic rings. The average Bonchev–Trinajstić information content (AvgIpc) is 1.19. The second kappa shape index (κ2) is 6.72. The second-order valence-electron chi connectivity index (χ2n) is 0.632. The first kappa shape index (κ1) is 16.3. The Bertz CT molecular complexity index is 156. The molecule has 0 aromatic carbocycles. The van der Waals surface area contributed by atoms with E-state index in [1.54, 1.807) is 0 Å². The van der Waals surface area contributed by atoms with Crippen LogP contribution in [-0.2, 0) is 10.4 Å². The topological polar surface area (TPSA) is 146 Å². The third kappa shape index (κ3) is 2100. The van der Waals surface area contributed by atoms with Crippen LogP contribution in [0.4, 0.5) is 0 Å². The molecule has 0 spiro atoms. The summed E-state index contributed by atoms with van der Waals surface area (Å²) in [6.45, 7) is 0. The fraction of sp³-hybridized carbons (Fsp3) is 0. The Morgan fingerprint density at radius 2 is 1.10 bits per heavy atom. The summed E-state index contributed by atoms with van der Waals surface area (Å²) in [5.41, 5.74) is 0. The molecule has 0 N–H and O–H groups in total. The zero-order valence-corrected chi connectivity index (χ0v) is 6.26. The molecule has 0 aliphatic carbocycles. The third-order valence-electron chi connectivity index (χ3n) is 0. The number of rotatable bonds is 0. The molecule has 0 unspecified atom stereocenters. The summed E-state index contributed by atoms with van der Waals surface area (Å²) in [5, 5.41) is 14.8. The maximum Gasteiger partial charge on any atom is 3.00 e. The molecule has 0 heterocycles. The van der Waals surface area contributed by atoms with Gasteiger partial charge in [-0.25, -0.2) is 0 Å². The molecule has 0 aromatic heterocycles. The molecule has 10 heteroatoms. The molecular formula is AlNO7S. The van der Waals surface area contributed by atoms with Crippen molar-refractivity contribution in [2.75, 3.05) is 0 Å². The molecule has 10 heavy (non-hydrogen) atoms. The smallest absolute Gasteiger partial charge is 0.759 e. The van der Waals surface area contributed by atoms with Crippen molar-refractivity contribution in [1.82, 2.24) is 0 Å². The summed E-state index contributed by atoms with van der Waals surface area (Å²) < 4.78 is 34.1. The first-order chi connectivity index (χ1) is 3.73. The molecule has 0 aliphatic heterocycles. The Morgan fingerprint density at radius 1 is 1.10 bits per heavy atom. The molecule has 0 atom stereocenters. The quantitative estimate of drug-likeness (QED) is 0.140. The first-order valence-corrected chi connectivity index (χ1v) is 2.55. The van der Waals surface area contributed by atoms with Gasteiger partial charge in [0.25, 0.3) is 0 Å².